The summed E-state index contributed by atoms with van der Waals surface area (Å²) in [6.07, 6.45) is 6.52. The van der Waals surface area contributed by atoms with Gasteiger partial charge in [-0.15, -0.1) is 0 Å². The lowest BCUT2D eigenvalue weighted by molar-refractivity contribution is -0.116. The Morgan fingerprint density at radius 2 is 2.10 bits per heavy atom. The van der Waals surface area contributed by atoms with Crippen LogP contribution in [0.2, 0.25) is 0 Å². The second-order valence-corrected chi connectivity index (χ2v) is 4.60. The molecular formula is C14H13N5O. The van der Waals surface area contributed by atoms with Gasteiger partial charge in [-0.1, -0.05) is 0 Å². The van der Waals surface area contributed by atoms with E-state index in [0.717, 1.165) is 17.0 Å². The largest absolute Gasteiger partial charge is 0.359 e. The summed E-state index contributed by atoms with van der Waals surface area (Å²) in [4.78, 5) is 23.3. The fourth-order valence-corrected chi connectivity index (χ4v) is 2.13. The number of nitrogens with one attached hydrogen (secondary N) is 2. The number of aryl methyl sites for hydroxylation is 2. The van der Waals surface area contributed by atoms with E-state index < -0.39 is 0 Å². The molecule has 0 saturated carbocycles. The summed E-state index contributed by atoms with van der Waals surface area (Å²) in [7, 11) is 0. The van der Waals surface area contributed by atoms with Crippen molar-refractivity contribution >= 4 is 17.7 Å². The first-order valence-electron chi connectivity index (χ1n) is 6.18. The van der Waals surface area contributed by atoms with Crippen LogP contribution < -0.4 is 5.43 Å². The predicted octanol–water partition coefficient (Wildman–Crippen LogP) is 1.34. The molecule has 3 rings (SSSR count). The minimum absolute atomic E-state index is 0.239. The van der Waals surface area contributed by atoms with E-state index in [1.165, 1.54) is 0 Å². The lowest BCUT2D eigenvalue weighted by Gasteiger charge is -2.00. The van der Waals surface area contributed by atoms with Crippen molar-refractivity contribution in [2.75, 3.05) is 0 Å². The molecule has 0 bridgehead atoms. The average Bonchev–Trinajstić information content (AvgIpc) is 2.95. The second kappa shape index (κ2) is 4.73. The number of H-pyrrole nitrogens is 1. The maximum absolute atomic E-state index is 11.9. The average molecular weight is 267 g/mol. The van der Waals surface area contributed by atoms with Gasteiger partial charge in [-0.05, 0) is 31.6 Å². The lowest BCUT2D eigenvalue weighted by atomic mass is 10.1. The number of rotatable bonds is 2. The van der Waals surface area contributed by atoms with Gasteiger partial charge in [0.2, 0.25) is 0 Å². The quantitative estimate of drug-likeness (QED) is 0.805. The Balaban J connectivity index is 2.05. The Bertz CT molecular complexity index is 727. The van der Waals surface area contributed by atoms with Gasteiger partial charge < -0.3 is 4.98 Å². The first-order chi connectivity index (χ1) is 9.65. The van der Waals surface area contributed by atoms with E-state index >= 15 is 0 Å². The van der Waals surface area contributed by atoms with E-state index in [2.05, 4.69) is 25.5 Å². The molecule has 0 radical (unpaired) electrons. The molecular weight excluding hydrogens is 254 g/mol. The molecule has 0 spiro atoms. The summed E-state index contributed by atoms with van der Waals surface area (Å²) in [5.41, 5.74) is 7.04. The van der Waals surface area contributed by atoms with E-state index in [0.29, 0.717) is 17.0 Å². The molecule has 1 aliphatic rings. The van der Waals surface area contributed by atoms with Crippen molar-refractivity contribution in [2.45, 2.75) is 13.8 Å². The molecule has 0 aliphatic carbocycles. The van der Waals surface area contributed by atoms with Crippen LogP contribution in [0.1, 0.15) is 22.6 Å². The van der Waals surface area contributed by atoms with Crippen molar-refractivity contribution in [3.63, 3.8) is 0 Å². The Labute approximate surface area is 115 Å². The van der Waals surface area contributed by atoms with Gasteiger partial charge in [-0.3, -0.25) is 14.8 Å². The number of aromatic amines is 1. The number of carbonyl (C=O) groups excluding carboxylic acids is 1. The van der Waals surface area contributed by atoms with Crippen LogP contribution in [0, 0.1) is 13.8 Å². The van der Waals surface area contributed by atoms with E-state index in [9.17, 15) is 4.79 Å². The van der Waals surface area contributed by atoms with Gasteiger partial charge in [-0.25, -0.2) is 5.43 Å². The van der Waals surface area contributed by atoms with Crippen LogP contribution in [0.5, 0.6) is 0 Å². The first-order valence-corrected chi connectivity index (χ1v) is 6.18. The summed E-state index contributed by atoms with van der Waals surface area (Å²) >= 11 is 0. The van der Waals surface area contributed by atoms with Crippen LogP contribution >= 0.6 is 0 Å². The van der Waals surface area contributed by atoms with Crippen LogP contribution in [0.15, 0.2) is 35.3 Å². The highest BCUT2D eigenvalue weighted by molar-refractivity contribution is 6.32. The zero-order valence-corrected chi connectivity index (χ0v) is 11.1. The fourth-order valence-electron chi connectivity index (χ4n) is 2.13. The van der Waals surface area contributed by atoms with Crippen molar-refractivity contribution in [3.05, 3.63) is 52.9 Å². The molecule has 0 fully saturated rings. The molecule has 2 N–H and O–H groups in total. The molecule has 0 aromatic carbocycles. The number of hydrogen-bond acceptors (Lipinski definition) is 4. The molecule has 2 aromatic heterocycles. The van der Waals surface area contributed by atoms with Gasteiger partial charge in [0, 0.05) is 23.8 Å². The second-order valence-electron chi connectivity index (χ2n) is 4.60. The van der Waals surface area contributed by atoms with Gasteiger partial charge >= 0.3 is 0 Å². The number of aromatic nitrogens is 3. The highest BCUT2D eigenvalue weighted by Crippen LogP contribution is 2.18. The number of amides is 1. The minimum Gasteiger partial charge on any atom is -0.359 e. The Hall–Kier alpha value is -2.76. The molecule has 6 nitrogen and oxygen atoms in total. The summed E-state index contributed by atoms with van der Waals surface area (Å²) in [5.74, 6) is -0.239. The topological polar surface area (TPSA) is 83.0 Å². The van der Waals surface area contributed by atoms with Crippen molar-refractivity contribution in [3.8, 4) is 0 Å². The SMILES string of the molecule is Cc1cc(C)c(/C=C2\C(=O)NN=C2c2cnccn2)[nH]1. The molecule has 1 aliphatic heterocycles. The van der Waals surface area contributed by atoms with Gasteiger partial charge in [0.25, 0.3) is 5.91 Å². The van der Waals surface area contributed by atoms with Gasteiger partial charge in [0.1, 0.15) is 11.4 Å². The van der Waals surface area contributed by atoms with Crippen LogP contribution in [0.25, 0.3) is 6.08 Å². The third-order valence-corrected chi connectivity index (χ3v) is 3.05. The van der Waals surface area contributed by atoms with E-state index in [1.54, 1.807) is 24.7 Å². The number of hydrogen-bond donors (Lipinski definition) is 2. The highest BCUT2D eigenvalue weighted by atomic mass is 16.2. The zero-order chi connectivity index (χ0) is 14.1. The maximum atomic E-state index is 11.9. The molecule has 2 aromatic rings. The maximum Gasteiger partial charge on any atom is 0.273 e. The lowest BCUT2D eigenvalue weighted by Crippen LogP contribution is -2.14. The third-order valence-electron chi connectivity index (χ3n) is 3.05. The third kappa shape index (κ3) is 2.11. The van der Waals surface area contributed by atoms with Gasteiger partial charge in [0.05, 0.1) is 11.8 Å². The number of hydrazone groups is 1. The molecule has 3 heterocycles. The standard InChI is InChI=1S/C14H13N5O/c1-8-5-9(2)17-11(8)6-10-13(18-19-14(10)20)12-7-15-3-4-16-12/h3-7,17H,1-2H3,(H,19,20)/b10-6-. The molecule has 6 heteroatoms. The van der Waals surface area contributed by atoms with Crippen LogP contribution in [-0.4, -0.2) is 26.6 Å². The number of nitrogens with zero attached hydrogens (tertiary/aromatic N) is 3. The van der Waals surface area contributed by atoms with Crippen LogP contribution in [-0.2, 0) is 4.79 Å². The summed E-state index contributed by atoms with van der Waals surface area (Å²) in [5, 5.41) is 4.03. The normalized spacial score (nSPS) is 16.4. The monoisotopic (exact) mass is 267 g/mol. The molecule has 0 unspecified atom stereocenters. The molecule has 1 amide bonds. The minimum atomic E-state index is -0.239. The predicted molar refractivity (Wildman–Crippen MR) is 75.0 cm³/mol. The van der Waals surface area contributed by atoms with Crippen molar-refractivity contribution < 1.29 is 4.79 Å². The van der Waals surface area contributed by atoms with Crippen molar-refractivity contribution in [2.24, 2.45) is 5.10 Å². The van der Waals surface area contributed by atoms with E-state index in [1.807, 2.05) is 19.9 Å². The molecule has 100 valence electrons. The Morgan fingerprint density at radius 1 is 1.25 bits per heavy atom. The molecule has 0 atom stereocenters. The Morgan fingerprint density at radius 3 is 2.75 bits per heavy atom. The Kier molecular flexibility index (Phi) is 2.90. The summed E-state index contributed by atoms with van der Waals surface area (Å²) in [6, 6.07) is 2.03. The van der Waals surface area contributed by atoms with Crippen LogP contribution in [0.3, 0.4) is 0 Å². The van der Waals surface area contributed by atoms with E-state index in [4.69, 9.17) is 0 Å². The number of carbonyl (C=O) groups is 1. The van der Waals surface area contributed by atoms with Crippen molar-refractivity contribution in [1.82, 2.24) is 20.4 Å². The van der Waals surface area contributed by atoms with Gasteiger partial charge in [-0.2, -0.15) is 5.10 Å². The molecule has 0 saturated heterocycles. The highest BCUT2D eigenvalue weighted by Gasteiger charge is 2.25. The zero-order valence-electron chi connectivity index (χ0n) is 11.1. The van der Waals surface area contributed by atoms with Gasteiger partial charge in [0.15, 0.2) is 0 Å². The first kappa shape index (κ1) is 12.3. The summed E-state index contributed by atoms with van der Waals surface area (Å²) < 4.78 is 0. The smallest absolute Gasteiger partial charge is 0.273 e. The van der Waals surface area contributed by atoms with Crippen LogP contribution in [0.4, 0.5) is 0 Å². The summed E-state index contributed by atoms with van der Waals surface area (Å²) in [6.45, 7) is 3.96. The van der Waals surface area contributed by atoms with E-state index in [-0.39, 0.29) is 5.91 Å². The molecule has 20 heavy (non-hydrogen) atoms. The fraction of sp³-hybridized carbons (Fsp3) is 0.143. The van der Waals surface area contributed by atoms with Crippen molar-refractivity contribution in [1.29, 1.82) is 0 Å².